The zero-order valence-electron chi connectivity index (χ0n) is 14.2. The molecule has 0 amide bonds. The average molecular weight is 324 g/mol. The Bertz CT molecular complexity index is 393. The summed E-state index contributed by atoms with van der Waals surface area (Å²) in [6.07, 6.45) is 6.50. The normalized spacial score (nSPS) is 40.3. The van der Waals surface area contributed by atoms with E-state index in [0.717, 1.165) is 51.4 Å². The maximum Gasteiger partial charge on any atom is 0.338 e. The van der Waals surface area contributed by atoms with Crippen molar-refractivity contribution in [1.29, 1.82) is 0 Å². The molecule has 0 aromatic heterocycles. The second-order valence-electron chi connectivity index (χ2n) is 7.61. The maximum absolute atomic E-state index is 12.1. The largest absolute Gasteiger partial charge is 0.460 e. The Labute approximate surface area is 138 Å². The third-order valence-corrected chi connectivity index (χ3v) is 5.45. The standard InChI is InChI=1S/C18H28O5/c1-11-3-7-13(8-4-11)21-17(19)15-16(23-15)18(20)22-14-9-5-12(2)6-10-14/h11-16H,3-10H2,1-2H3/t11?,12?,13?,14?,15-,16-/m0/s1. The summed E-state index contributed by atoms with van der Waals surface area (Å²) in [5.74, 6) is 0.624. The lowest BCUT2D eigenvalue weighted by atomic mass is 9.89. The van der Waals surface area contributed by atoms with E-state index in [0.29, 0.717) is 11.8 Å². The molecule has 1 heterocycles. The smallest absolute Gasteiger partial charge is 0.338 e. The molecule has 2 atom stereocenters. The summed E-state index contributed by atoms with van der Waals surface area (Å²) in [6.45, 7) is 4.44. The molecule has 0 aromatic rings. The van der Waals surface area contributed by atoms with E-state index < -0.39 is 24.1 Å². The molecule has 0 aromatic carbocycles. The quantitative estimate of drug-likeness (QED) is 0.587. The molecule has 0 unspecified atom stereocenters. The van der Waals surface area contributed by atoms with E-state index in [1.165, 1.54) is 0 Å². The lowest BCUT2D eigenvalue weighted by Gasteiger charge is -2.26. The van der Waals surface area contributed by atoms with Crippen LogP contribution in [0.1, 0.15) is 65.2 Å². The van der Waals surface area contributed by atoms with Gasteiger partial charge in [-0.25, -0.2) is 9.59 Å². The molecule has 3 rings (SSSR count). The second-order valence-corrected chi connectivity index (χ2v) is 7.61. The van der Waals surface area contributed by atoms with Crippen molar-refractivity contribution in [2.75, 3.05) is 0 Å². The predicted molar refractivity (Wildman–Crippen MR) is 83.7 cm³/mol. The van der Waals surface area contributed by atoms with E-state index in [2.05, 4.69) is 13.8 Å². The highest BCUT2D eigenvalue weighted by Gasteiger charge is 2.53. The number of carbonyl (C=O) groups is 2. The Balaban J connectivity index is 1.38. The van der Waals surface area contributed by atoms with Gasteiger partial charge in [0.2, 0.25) is 0 Å². The van der Waals surface area contributed by atoms with Crippen LogP contribution in [0.25, 0.3) is 0 Å². The molecule has 1 aliphatic heterocycles. The first-order valence-electron chi connectivity index (χ1n) is 9.09. The van der Waals surface area contributed by atoms with Crippen molar-refractivity contribution >= 4 is 11.9 Å². The molecule has 1 saturated heterocycles. The van der Waals surface area contributed by atoms with E-state index in [1.807, 2.05) is 0 Å². The number of carbonyl (C=O) groups excluding carboxylic acids is 2. The highest BCUT2D eigenvalue weighted by Crippen LogP contribution is 2.31. The molecular formula is C18H28O5. The van der Waals surface area contributed by atoms with Crippen LogP contribution in [0.3, 0.4) is 0 Å². The van der Waals surface area contributed by atoms with Gasteiger partial charge < -0.3 is 14.2 Å². The first-order valence-corrected chi connectivity index (χ1v) is 9.09. The van der Waals surface area contributed by atoms with Crippen LogP contribution in [0.15, 0.2) is 0 Å². The van der Waals surface area contributed by atoms with Gasteiger partial charge in [-0.2, -0.15) is 0 Å². The fraction of sp³-hybridized carbons (Fsp3) is 0.889. The van der Waals surface area contributed by atoms with Gasteiger partial charge in [0.25, 0.3) is 0 Å². The molecule has 3 aliphatic rings. The van der Waals surface area contributed by atoms with Crippen molar-refractivity contribution in [3.8, 4) is 0 Å². The Hall–Kier alpha value is -1.10. The van der Waals surface area contributed by atoms with Crippen LogP contribution in [-0.2, 0) is 23.8 Å². The Morgan fingerprint density at radius 2 is 1.04 bits per heavy atom. The molecule has 130 valence electrons. The minimum absolute atomic E-state index is 0.0144. The fourth-order valence-electron chi connectivity index (χ4n) is 3.63. The van der Waals surface area contributed by atoms with Crippen molar-refractivity contribution in [1.82, 2.24) is 0 Å². The molecule has 3 fully saturated rings. The van der Waals surface area contributed by atoms with E-state index in [-0.39, 0.29) is 12.2 Å². The lowest BCUT2D eigenvalue weighted by molar-refractivity contribution is -0.155. The van der Waals surface area contributed by atoms with Crippen molar-refractivity contribution < 1.29 is 23.8 Å². The van der Waals surface area contributed by atoms with Gasteiger partial charge in [-0.05, 0) is 63.2 Å². The summed E-state index contributed by atoms with van der Waals surface area (Å²) in [5.41, 5.74) is 0. The maximum atomic E-state index is 12.1. The minimum Gasteiger partial charge on any atom is -0.460 e. The van der Waals surface area contributed by atoms with Crippen LogP contribution in [0.5, 0.6) is 0 Å². The highest BCUT2D eigenvalue weighted by atomic mass is 16.7. The van der Waals surface area contributed by atoms with Crippen LogP contribution in [0, 0.1) is 11.8 Å². The minimum atomic E-state index is -0.746. The van der Waals surface area contributed by atoms with Crippen LogP contribution in [0.4, 0.5) is 0 Å². The lowest BCUT2D eigenvalue weighted by Crippen LogP contribution is -2.30. The first-order chi connectivity index (χ1) is 11.0. The van der Waals surface area contributed by atoms with E-state index in [1.54, 1.807) is 0 Å². The van der Waals surface area contributed by atoms with Gasteiger partial charge in [0.15, 0.2) is 12.2 Å². The number of hydrogen-bond acceptors (Lipinski definition) is 5. The van der Waals surface area contributed by atoms with Crippen LogP contribution in [-0.4, -0.2) is 36.4 Å². The predicted octanol–water partition coefficient (Wildman–Crippen LogP) is 3.00. The SMILES string of the molecule is CC1CCC(OC(=O)[C@H]2O[C@@H]2C(=O)OC2CCC(C)CC2)CC1. The van der Waals surface area contributed by atoms with Crippen molar-refractivity contribution in [3.63, 3.8) is 0 Å². The molecule has 2 aliphatic carbocycles. The third kappa shape index (κ3) is 4.46. The van der Waals surface area contributed by atoms with Gasteiger partial charge in [-0.15, -0.1) is 0 Å². The number of hydrogen-bond donors (Lipinski definition) is 0. The summed E-state index contributed by atoms with van der Waals surface area (Å²) in [5, 5.41) is 0. The van der Waals surface area contributed by atoms with E-state index in [4.69, 9.17) is 14.2 Å². The van der Waals surface area contributed by atoms with Gasteiger partial charge >= 0.3 is 11.9 Å². The zero-order chi connectivity index (χ0) is 16.4. The van der Waals surface area contributed by atoms with Gasteiger partial charge in [0.05, 0.1) is 0 Å². The molecule has 23 heavy (non-hydrogen) atoms. The summed E-state index contributed by atoms with van der Waals surface area (Å²) < 4.78 is 16.2. The average Bonchev–Trinajstić information content (AvgIpc) is 3.33. The van der Waals surface area contributed by atoms with Crippen molar-refractivity contribution in [3.05, 3.63) is 0 Å². The van der Waals surface area contributed by atoms with Gasteiger partial charge in [0, 0.05) is 0 Å². The summed E-state index contributed by atoms with van der Waals surface area (Å²) in [4.78, 5) is 24.1. The molecule has 5 nitrogen and oxygen atoms in total. The molecule has 0 bridgehead atoms. The molecule has 5 heteroatoms. The Morgan fingerprint density at radius 3 is 1.39 bits per heavy atom. The van der Waals surface area contributed by atoms with Crippen molar-refractivity contribution in [2.45, 2.75) is 89.6 Å². The zero-order valence-corrected chi connectivity index (χ0v) is 14.2. The van der Waals surface area contributed by atoms with E-state index in [9.17, 15) is 9.59 Å². The summed E-state index contributed by atoms with van der Waals surface area (Å²) in [7, 11) is 0. The van der Waals surface area contributed by atoms with Gasteiger partial charge in [-0.3, -0.25) is 0 Å². The number of rotatable bonds is 4. The van der Waals surface area contributed by atoms with Gasteiger partial charge in [0.1, 0.15) is 12.2 Å². The fourth-order valence-corrected chi connectivity index (χ4v) is 3.63. The monoisotopic (exact) mass is 324 g/mol. The molecule has 0 N–H and O–H groups in total. The third-order valence-electron chi connectivity index (χ3n) is 5.45. The highest BCUT2D eigenvalue weighted by molar-refractivity contribution is 5.90. The van der Waals surface area contributed by atoms with E-state index >= 15 is 0 Å². The van der Waals surface area contributed by atoms with Crippen LogP contribution < -0.4 is 0 Å². The van der Waals surface area contributed by atoms with Crippen molar-refractivity contribution in [2.24, 2.45) is 11.8 Å². The molecule has 0 radical (unpaired) electrons. The summed E-state index contributed by atoms with van der Waals surface area (Å²) >= 11 is 0. The van der Waals surface area contributed by atoms with Crippen LogP contribution in [0.2, 0.25) is 0 Å². The molecular weight excluding hydrogens is 296 g/mol. The van der Waals surface area contributed by atoms with Crippen LogP contribution >= 0.6 is 0 Å². The Morgan fingerprint density at radius 1 is 0.696 bits per heavy atom. The molecule has 0 spiro atoms. The Kier molecular flexibility index (Phi) is 5.24. The first kappa shape index (κ1) is 16.7. The second kappa shape index (κ2) is 7.20. The number of ether oxygens (including phenoxy) is 3. The number of epoxide rings is 1. The van der Waals surface area contributed by atoms with Gasteiger partial charge in [-0.1, -0.05) is 13.8 Å². The number of esters is 2. The summed E-state index contributed by atoms with van der Waals surface area (Å²) in [6, 6.07) is 0. The molecule has 2 saturated carbocycles. The topological polar surface area (TPSA) is 65.1 Å².